The smallest absolute Gasteiger partial charge is 0.269 e. The molecule has 0 aliphatic carbocycles. The molecule has 1 aromatic carbocycles. The first-order valence-corrected chi connectivity index (χ1v) is 5.29. The van der Waals surface area contributed by atoms with Crippen LogP contribution in [0.1, 0.15) is 25.1 Å². The maximum Gasteiger partial charge on any atom is 0.269 e. The van der Waals surface area contributed by atoms with Crippen molar-refractivity contribution in [2.24, 2.45) is 0 Å². The SMILES string of the molecule is C[C@H]1CCO[C@@H](c2ccc([N+](=O)[O-])cc2)N1. The summed E-state index contributed by atoms with van der Waals surface area (Å²) >= 11 is 0. The molecule has 2 rings (SSSR count). The molecule has 1 aliphatic rings. The number of ether oxygens (including phenoxy) is 1. The fourth-order valence-electron chi connectivity index (χ4n) is 1.72. The third-order valence-electron chi connectivity index (χ3n) is 2.68. The number of rotatable bonds is 2. The van der Waals surface area contributed by atoms with E-state index in [-0.39, 0.29) is 11.9 Å². The Hall–Kier alpha value is -1.46. The van der Waals surface area contributed by atoms with Gasteiger partial charge in [-0.15, -0.1) is 0 Å². The van der Waals surface area contributed by atoms with Crippen LogP contribution in [-0.4, -0.2) is 17.6 Å². The number of nitrogens with one attached hydrogen (secondary N) is 1. The summed E-state index contributed by atoms with van der Waals surface area (Å²) in [5.74, 6) is 0. The van der Waals surface area contributed by atoms with Crippen LogP contribution in [0, 0.1) is 10.1 Å². The molecule has 5 nitrogen and oxygen atoms in total. The molecule has 16 heavy (non-hydrogen) atoms. The Morgan fingerprint density at radius 1 is 1.44 bits per heavy atom. The second-order valence-corrected chi connectivity index (χ2v) is 3.96. The van der Waals surface area contributed by atoms with Crippen molar-refractivity contribution in [2.45, 2.75) is 25.6 Å². The zero-order valence-corrected chi connectivity index (χ0v) is 9.05. The summed E-state index contributed by atoms with van der Waals surface area (Å²) in [6.45, 7) is 2.82. The monoisotopic (exact) mass is 222 g/mol. The van der Waals surface area contributed by atoms with Crippen molar-refractivity contribution in [2.75, 3.05) is 6.61 Å². The van der Waals surface area contributed by atoms with Crippen LogP contribution >= 0.6 is 0 Å². The van der Waals surface area contributed by atoms with Gasteiger partial charge < -0.3 is 4.74 Å². The van der Waals surface area contributed by atoms with Crippen molar-refractivity contribution in [1.29, 1.82) is 0 Å². The molecule has 0 unspecified atom stereocenters. The average Bonchev–Trinajstić information content (AvgIpc) is 2.29. The van der Waals surface area contributed by atoms with Crippen molar-refractivity contribution in [1.82, 2.24) is 5.32 Å². The zero-order valence-electron chi connectivity index (χ0n) is 9.05. The van der Waals surface area contributed by atoms with Gasteiger partial charge in [0.2, 0.25) is 0 Å². The highest BCUT2D eigenvalue weighted by molar-refractivity contribution is 5.33. The van der Waals surface area contributed by atoms with E-state index in [1.54, 1.807) is 12.1 Å². The Labute approximate surface area is 93.6 Å². The van der Waals surface area contributed by atoms with E-state index in [4.69, 9.17) is 4.74 Å². The second-order valence-electron chi connectivity index (χ2n) is 3.96. The van der Waals surface area contributed by atoms with Crippen LogP contribution in [0.5, 0.6) is 0 Å². The molecule has 1 saturated heterocycles. The number of hydrogen-bond donors (Lipinski definition) is 1. The summed E-state index contributed by atoms with van der Waals surface area (Å²) in [5.41, 5.74) is 1.03. The molecule has 0 radical (unpaired) electrons. The highest BCUT2D eigenvalue weighted by Crippen LogP contribution is 2.22. The van der Waals surface area contributed by atoms with Crippen molar-refractivity contribution < 1.29 is 9.66 Å². The molecule has 0 amide bonds. The van der Waals surface area contributed by atoms with Crippen LogP contribution in [0.3, 0.4) is 0 Å². The van der Waals surface area contributed by atoms with Gasteiger partial charge in [0.1, 0.15) is 6.23 Å². The molecule has 5 heteroatoms. The zero-order chi connectivity index (χ0) is 11.5. The van der Waals surface area contributed by atoms with Crippen molar-refractivity contribution in [3.05, 3.63) is 39.9 Å². The first-order valence-electron chi connectivity index (χ1n) is 5.29. The van der Waals surface area contributed by atoms with E-state index >= 15 is 0 Å². The quantitative estimate of drug-likeness (QED) is 0.614. The fraction of sp³-hybridized carbons (Fsp3) is 0.455. The summed E-state index contributed by atoms with van der Waals surface area (Å²) in [5, 5.41) is 13.8. The molecule has 0 aromatic heterocycles. The maximum absolute atomic E-state index is 10.5. The minimum absolute atomic E-state index is 0.104. The van der Waals surface area contributed by atoms with Gasteiger partial charge >= 0.3 is 0 Å². The van der Waals surface area contributed by atoms with Gasteiger partial charge in [0, 0.05) is 18.2 Å². The Morgan fingerprint density at radius 3 is 2.69 bits per heavy atom. The van der Waals surface area contributed by atoms with Gasteiger partial charge in [-0.1, -0.05) is 0 Å². The lowest BCUT2D eigenvalue weighted by atomic mass is 10.1. The van der Waals surface area contributed by atoms with Gasteiger partial charge in [-0.2, -0.15) is 0 Å². The molecule has 0 saturated carbocycles. The Bertz CT molecular complexity index is 377. The molecule has 0 bridgehead atoms. The predicted molar refractivity (Wildman–Crippen MR) is 59.0 cm³/mol. The van der Waals surface area contributed by atoms with Gasteiger partial charge in [-0.25, -0.2) is 0 Å². The van der Waals surface area contributed by atoms with E-state index in [9.17, 15) is 10.1 Å². The third-order valence-corrected chi connectivity index (χ3v) is 2.68. The molecule has 2 atom stereocenters. The number of nitro benzene ring substituents is 1. The molecule has 86 valence electrons. The lowest BCUT2D eigenvalue weighted by Gasteiger charge is -2.29. The number of benzene rings is 1. The molecule has 1 aromatic rings. The van der Waals surface area contributed by atoms with Gasteiger partial charge in [-0.3, -0.25) is 15.4 Å². The summed E-state index contributed by atoms with van der Waals surface area (Å²) < 4.78 is 5.55. The minimum atomic E-state index is -0.401. The standard InChI is InChI=1S/C11H14N2O3/c1-8-6-7-16-11(12-8)9-2-4-10(5-3-9)13(14)15/h2-5,8,11-12H,6-7H2,1H3/t8-,11-/m0/s1. The maximum atomic E-state index is 10.5. The van der Waals surface area contributed by atoms with Gasteiger partial charge in [-0.05, 0) is 31.0 Å². The minimum Gasteiger partial charge on any atom is -0.359 e. The Morgan fingerprint density at radius 2 is 2.12 bits per heavy atom. The Balaban J connectivity index is 2.11. The van der Waals surface area contributed by atoms with E-state index < -0.39 is 4.92 Å². The van der Waals surface area contributed by atoms with E-state index in [0.717, 1.165) is 18.6 Å². The summed E-state index contributed by atoms with van der Waals surface area (Å²) in [6, 6.07) is 6.87. The summed E-state index contributed by atoms with van der Waals surface area (Å²) in [6.07, 6.45) is 0.841. The molecular formula is C11H14N2O3. The van der Waals surface area contributed by atoms with Crippen LogP contribution in [0.2, 0.25) is 0 Å². The van der Waals surface area contributed by atoms with Gasteiger partial charge in [0.05, 0.1) is 11.5 Å². The highest BCUT2D eigenvalue weighted by Gasteiger charge is 2.20. The second kappa shape index (κ2) is 4.59. The Kier molecular flexibility index (Phi) is 3.17. The molecule has 1 fully saturated rings. The van der Waals surface area contributed by atoms with Crippen molar-refractivity contribution in [3.8, 4) is 0 Å². The molecule has 1 heterocycles. The number of non-ortho nitro benzene ring substituents is 1. The predicted octanol–water partition coefficient (Wildman–Crippen LogP) is 1.99. The fourth-order valence-corrected chi connectivity index (χ4v) is 1.72. The number of nitro groups is 1. The first kappa shape index (κ1) is 11.0. The summed E-state index contributed by atoms with van der Waals surface area (Å²) in [7, 11) is 0. The van der Waals surface area contributed by atoms with E-state index in [1.165, 1.54) is 12.1 Å². The third kappa shape index (κ3) is 2.37. The van der Waals surface area contributed by atoms with E-state index in [2.05, 4.69) is 12.2 Å². The van der Waals surface area contributed by atoms with Crippen LogP contribution < -0.4 is 5.32 Å². The average molecular weight is 222 g/mol. The normalized spacial score (nSPS) is 25.3. The molecular weight excluding hydrogens is 208 g/mol. The van der Waals surface area contributed by atoms with Crippen LogP contribution in [-0.2, 0) is 4.74 Å². The van der Waals surface area contributed by atoms with E-state index in [0.29, 0.717) is 6.04 Å². The van der Waals surface area contributed by atoms with Crippen molar-refractivity contribution in [3.63, 3.8) is 0 Å². The molecule has 1 aliphatic heterocycles. The summed E-state index contributed by atoms with van der Waals surface area (Å²) in [4.78, 5) is 10.1. The van der Waals surface area contributed by atoms with E-state index in [1.807, 2.05) is 0 Å². The molecule has 1 N–H and O–H groups in total. The first-order chi connectivity index (χ1) is 7.66. The van der Waals surface area contributed by atoms with Gasteiger partial charge in [0.25, 0.3) is 5.69 Å². The van der Waals surface area contributed by atoms with Crippen LogP contribution in [0.4, 0.5) is 5.69 Å². The lowest BCUT2D eigenvalue weighted by Crippen LogP contribution is -2.38. The van der Waals surface area contributed by atoms with Crippen LogP contribution in [0.15, 0.2) is 24.3 Å². The van der Waals surface area contributed by atoms with Crippen LogP contribution in [0.25, 0.3) is 0 Å². The highest BCUT2D eigenvalue weighted by atomic mass is 16.6. The molecule has 0 spiro atoms. The number of hydrogen-bond acceptors (Lipinski definition) is 4. The largest absolute Gasteiger partial charge is 0.359 e. The van der Waals surface area contributed by atoms with Crippen molar-refractivity contribution >= 4 is 5.69 Å². The number of nitrogens with zero attached hydrogens (tertiary/aromatic N) is 1. The van der Waals surface area contributed by atoms with Gasteiger partial charge in [0.15, 0.2) is 0 Å². The topological polar surface area (TPSA) is 64.4 Å². The lowest BCUT2D eigenvalue weighted by molar-refractivity contribution is -0.384.